The minimum atomic E-state index is -3.81. The second kappa shape index (κ2) is 8.25. The van der Waals surface area contributed by atoms with E-state index >= 15 is 0 Å². The Kier molecular flexibility index (Phi) is 4.80. The van der Waals surface area contributed by atoms with Crippen LogP contribution in [0, 0.1) is 11.3 Å². The third kappa shape index (κ3) is 4.90. The fourth-order valence-electron chi connectivity index (χ4n) is 3.69. The van der Waals surface area contributed by atoms with Gasteiger partial charge in [0.15, 0.2) is 21.3 Å². The van der Waals surface area contributed by atoms with Gasteiger partial charge in [0.1, 0.15) is 16.5 Å². The molecule has 0 aromatic carbocycles. The zero-order valence-corrected chi connectivity index (χ0v) is 19.1. The molecule has 0 radical (unpaired) electrons. The van der Waals surface area contributed by atoms with Crippen LogP contribution in [0.3, 0.4) is 0 Å². The van der Waals surface area contributed by atoms with Gasteiger partial charge in [-0.3, -0.25) is 9.59 Å². The van der Waals surface area contributed by atoms with Crippen LogP contribution in [0.4, 0.5) is 17.3 Å². The maximum absolute atomic E-state index is 12.6. The van der Waals surface area contributed by atoms with Gasteiger partial charge in [-0.05, 0) is 38.5 Å². The van der Waals surface area contributed by atoms with Crippen molar-refractivity contribution >= 4 is 39.0 Å². The molecule has 0 saturated heterocycles. The molecule has 2 fully saturated rings. The van der Waals surface area contributed by atoms with E-state index in [-0.39, 0.29) is 51.3 Å². The van der Waals surface area contributed by atoms with Gasteiger partial charge < -0.3 is 20.7 Å². The van der Waals surface area contributed by atoms with Crippen molar-refractivity contribution < 1.29 is 26.9 Å². The Hall–Kier alpha value is -3.28. The first-order valence-electron chi connectivity index (χ1n) is 11.8. The summed E-state index contributed by atoms with van der Waals surface area (Å²) in [6, 6.07) is 2.56. The highest BCUT2D eigenvalue weighted by atomic mass is 32.2. The van der Waals surface area contributed by atoms with Crippen molar-refractivity contribution in [1.29, 1.82) is 0 Å². The number of hydrogen-bond acceptors (Lipinski definition) is 9. The normalized spacial score (nSPS) is 19.8. The molecule has 3 N–H and O–H groups in total. The third-order valence-corrected chi connectivity index (χ3v) is 6.73. The molecular formula is C21H26N6O5S. The van der Waals surface area contributed by atoms with Crippen LogP contribution < -0.4 is 20.7 Å². The zero-order valence-electron chi connectivity index (χ0n) is 21.3. The molecule has 12 heteroatoms. The van der Waals surface area contributed by atoms with Crippen molar-refractivity contribution in [2.75, 3.05) is 23.9 Å². The van der Waals surface area contributed by atoms with Crippen LogP contribution in [0.25, 0.3) is 0 Å². The Morgan fingerprint density at radius 1 is 1.27 bits per heavy atom. The van der Waals surface area contributed by atoms with Gasteiger partial charge in [0.2, 0.25) is 5.91 Å². The molecule has 2 saturated carbocycles. The monoisotopic (exact) mass is 477 g/mol. The molecule has 176 valence electrons. The highest BCUT2D eigenvalue weighted by Gasteiger charge is 2.65. The first kappa shape index (κ1) is 19.2. The molecule has 4 rings (SSSR count). The maximum atomic E-state index is 12.6. The van der Waals surface area contributed by atoms with Crippen molar-refractivity contribution in [3.63, 3.8) is 0 Å². The summed E-state index contributed by atoms with van der Waals surface area (Å²) < 4.78 is 52.4. The van der Waals surface area contributed by atoms with Crippen molar-refractivity contribution in [2.45, 2.75) is 44.1 Å². The fraction of sp³-hybridized carbons (Fsp3) is 0.476. The minimum absolute atomic E-state index is 0.0105. The summed E-state index contributed by atoms with van der Waals surface area (Å²) in [7, 11) is -3.81. The zero-order chi connectivity index (χ0) is 26.5. The average Bonchev–Trinajstić information content (AvgIpc) is 3.66. The Morgan fingerprint density at radius 3 is 2.64 bits per heavy atom. The molecule has 1 spiro atoms. The lowest BCUT2D eigenvalue weighted by atomic mass is 10.2. The number of amides is 2. The van der Waals surface area contributed by atoms with Crippen LogP contribution in [0.15, 0.2) is 23.2 Å². The summed E-state index contributed by atoms with van der Waals surface area (Å²) in [5.41, 5.74) is -0.432. The molecule has 2 aliphatic carbocycles. The standard InChI is InChI=1S/C21H26N6O5S/c1-11(2)32-12-7-15(33(4,30)31)18(23-10-12)24-14-8-16(26-27-17(14)20(29)22-3)25-19(28)13-9-21(13)5-6-21/h7-8,10-11,13H,5-6,9H2,1-4H3,(H,22,29)(H2,23,24,25,26,28)/t13-/m1/s1/i3D3. The van der Waals surface area contributed by atoms with Crippen LogP contribution in [0.2, 0.25) is 0 Å². The number of nitrogens with zero attached hydrogens (tertiary/aromatic N) is 3. The van der Waals surface area contributed by atoms with E-state index in [1.54, 1.807) is 13.8 Å². The third-order valence-electron chi connectivity index (χ3n) is 5.62. The molecule has 0 unspecified atom stereocenters. The first-order chi connectivity index (χ1) is 16.7. The summed E-state index contributed by atoms with van der Waals surface area (Å²) in [6.45, 7) is 0.736. The van der Waals surface area contributed by atoms with E-state index in [2.05, 4.69) is 25.8 Å². The number of ether oxygens (including phenoxy) is 1. The van der Waals surface area contributed by atoms with Gasteiger partial charge in [0.25, 0.3) is 5.91 Å². The van der Waals surface area contributed by atoms with Gasteiger partial charge in [-0.2, -0.15) is 0 Å². The molecular weight excluding hydrogens is 448 g/mol. The molecule has 2 aliphatic rings. The van der Waals surface area contributed by atoms with Crippen molar-refractivity contribution in [3.05, 3.63) is 24.0 Å². The SMILES string of the molecule is [2H]C([2H])([2H])NC(=O)c1nnc(NC(=O)[C@H]2CC23CC3)cc1Nc1ncc(OC(C)C)cc1S(C)(=O)=O. The molecule has 1 atom stereocenters. The van der Waals surface area contributed by atoms with Crippen LogP contribution in [0.1, 0.15) is 47.7 Å². The molecule has 33 heavy (non-hydrogen) atoms. The number of anilines is 3. The molecule has 2 heterocycles. The Labute approximate surface area is 195 Å². The Balaban J connectivity index is 1.69. The molecule has 11 nitrogen and oxygen atoms in total. The number of hydrogen-bond donors (Lipinski definition) is 3. The van der Waals surface area contributed by atoms with E-state index in [0.717, 1.165) is 25.5 Å². The highest BCUT2D eigenvalue weighted by molar-refractivity contribution is 7.90. The highest BCUT2D eigenvalue weighted by Crippen LogP contribution is 2.70. The second-order valence-corrected chi connectivity index (χ2v) is 10.6. The Morgan fingerprint density at radius 2 is 2.03 bits per heavy atom. The van der Waals surface area contributed by atoms with Gasteiger partial charge in [0.05, 0.1) is 18.0 Å². The largest absolute Gasteiger partial charge is 0.489 e. The quantitative estimate of drug-likeness (QED) is 0.517. The van der Waals surface area contributed by atoms with E-state index in [1.807, 2.05) is 5.32 Å². The van der Waals surface area contributed by atoms with Gasteiger partial charge in [-0.15, -0.1) is 10.2 Å². The number of carbonyl (C=O) groups excluding carboxylic acids is 2. The lowest BCUT2D eigenvalue weighted by molar-refractivity contribution is -0.117. The van der Waals surface area contributed by atoms with Gasteiger partial charge >= 0.3 is 0 Å². The van der Waals surface area contributed by atoms with Gasteiger partial charge in [-0.25, -0.2) is 13.4 Å². The average molecular weight is 478 g/mol. The van der Waals surface area contributed by atoms with E-state index in [0.29, 0.717) is 0 Å². The molecule has 0 aliphatic heterocycles. The van der Waals surface area contributed by atoms with Crippen molar-refractivity contribution in [2.24, 2.45) is 11.3 Å². The lowest BCUT2D eigenvalue weighted by Gasteiger charge is -2.15. The van der Waals surface area contributed by atoms with Crippen LogP contribution >= 0.6 is 0 Å². The molecule has 2 aromatic rings. The minimum Gasteiger partial charge on any atom is -0.489 e. The summed E-state index contributed by atoms with van der Waals surface area (Å²) in [6.07, 6.45) is 4.88. The van der Waals surface area contributed by atoms with E-state index in [4.69, 9.17) is 8.85 Å². The number of nitrogens with one attached hydrogen (secondary N) is 3. The topological polar surface area (TPSA) is 152 Å². The number of pyridine rings is 1. The maximum Gasteiger partial charge on any atom is 0.273 e. The summed E-state index contributed by atoms with van der Waals surface area (Å²) in [5, 5.41) is 14.9. The van der Waals surface area contributed by atoms with Crippen molar-refractivity contribution in [3.8, 4) is 5.75 Å². The predicted octanol–water partition coefficient (Wildman–Crippen LogP) is 1.90. The van der Waals surface area contributed by atoms with E-state index in [9.17, 15) is 18.0 Å². The van der Waals surface area contributed by atoms with E-state index < -0.39 is 28.4 Å². The Bertz CT molecular complexity index is 1330. The smallest absolute Gasteiger partial charge is 0.273 e. The van der Waals surface area contributed by atoms with Crippen molar-refractivity contribution in [1.82, 2.24) is 20.5 Å². The number of carbonyl (C=O) groups is 2. The molecule has 2 aromatic heterocycles. The van der Waals surface area contributed by atoms with Gasteiger partial charge in [-0.1, -0.05) is 0 Å². The first-order valence-corrected chi connectivity index (χ1v) is 12.2. The second-order valence-electron chi connectivity index (χ2n) is 8.64. The molecule has 0 bridgehead atoms. The number of rotatable bonds is 8. The summed E-state index contributed by atoms with van der Waals surface area (Å²) in [4.78, 5) is 29.1. The fourth-order valence-corrected chi connectivity index (χ4v) is 4.47. The number of sulfone groups is 1. The summed E-state index contributed by atoms with van der Waals surface area (Å²) >= 11 is 0. The summed E-state index contributed by atoms with van der Waals surface area (Å²) in [5.74, 6) is -1.34. The van der Waals surface area contributed by atoms with Gasteiger partial charge in [0, 0.05) is 35.4 Å². The predicted molar refractivity (Wildman–Crippen MR) is 120 cm³/mol. The van der Waals surface area contributed by atoms with Crippen LogP contribution in [-0.2, 0) is 14.6 Å². The lowest BCUT2D eigenvalue weighted by Crippen LogP contribution is -2.23. The molecule has 2 amide bonds. The van der Waals surface area contributed by atoms with E-state index in [1.165, 1.54) is 18.3 Å². The number of aromatic nitrogens is 3. The van der Waals surface area contributed by atoms with Crippen LogP contribution in [-0.4, -0.2) is 54.7 Å². The van der Waals surface area contributed by atoms with Crippen LogP contribution in [0.5, 0.6) is 5.75 Å².